The average Bonchev–Trinajstić information content (AvgIpc) is 3.43. The molecule has 5 rings (SSSR count). The van der Waals surface area contributed by atoms with Crippen LogP contribution in [0.4, 0.5) is 5.13 Å². The maximum absolute atomic E-state index is 12.9. The lowest BCUT2D eigenvalue weighted by molar-refractivity contribution is -0.134. The number of nitrogens with zero attached hydrogens (tertiary/aromatic N) is 6. The second-order valence-electron chi connectivity index (χ2n) is 8.34. The summed E-state index contributed by atoms with van der Waals surface area (Å²) in [5.41, 5.74) is 2.92. The third kappa shape index (κ3) is 4.86. The van der Waals surface area contributed by atoms with Gasteiger partial charge in [0.2, 0.25) is 16.0 Å². The van der Waals surface area contributed by atoms with E-state index in [1.807, 2.05) is 65.1 Å². The van der Waals surface area contributed by atoms with Gasteiger partial charge in [0.15, 0.2) is 0 Å². The normalized spacial score (nSPS) is 14.7. The van der Waals surface area contributed by atoms with Crippen molar-refractivity contribution in [2.45, 2.75) is 19.3 Å². The molecule has 7 nitrogen and oxygen atoms in total. The molecule has 0 saturated carbocycles. The molecule has 1 aliphatic rings. The highest BCUT2D eigenvalue weighted by Gasteiger charge is 2.28. The van der Waals surface area contributed by atoms with E-state index in [4.69, 9.17) is 21.7 Å². The SMILES string of the molecule is CN(CCc1ccccn1)C(=O)C1CCN(c2nn3cc(-c4ccc(Cl)cc4)nc3s2)CC1. The summed E-state index contributed by atoms with van der Waals surface area (Å²) in [6.45, 7) is 2.34. The first-order valence-corrected chi connectivity index (χ1v) is 12.3. The number of rotatable bonds is 6. The summed E-state index contributed by atoms with van der Waals surface area (Å²) >= 11 is 7.57. The van der Waals surface area contributed by atoms with Crippen LogP contribution in [0.3, 0.4) is 0 Å². The Bertz CT molecular complexity index is 1200. The number of anilines is 1. The van der Waals surface area contributed by atoms with Crippen molar-refractivity contribution in [3.05, 3.63) is 65.6 Å². The van der Waals surface area contributed by atoms with E-state index in [1.165, 1.54) is 0 Å². The predicted octanol–water partition coefficient (Wildman–Crippen LogP) is 4.42. The van der Waals surface area contributed by atoms with Gasteiger partial charge in [0, 0.05) is 61.5 Å². The van der Waals surface area contributed by atoms with Crippen LogP contribution in [-0.2, 0) is 11.2 Å². The Morgan fingerprint density at radius 3 is 2.67 bits per heavy atom. The zero-order valence-corrected chi connectivity index (χ0v) is 20.0. The third-order valence-electron chi connectivity index (χ3n) is 6.09. The molecule has 3 aromatic heterocycles. The Kier molecular flexibility index (Phi) is 6.28. The Hall–Kier alpha value is -2.97. The molecule has 170 valence electrons. The predicted molar refractivity (Wildman–Crippen MR) is 132 cm³/mol. The van der Waals surface area contributed by atoms with Crippen molar-refractivity contribution < 1.29 is 4.79 Å². The number of halogens is 1. The maximum Gasteiger partial charge on any atom is 0.225 e. The number of benzene rings is 1. The number of carbonyl (C=O) groups excluding carboxylic acids is 1. The lowest BCUT2D eigenvalue weighted by Crippen LogP contribution is -2.41. The average molecular weight is 481 g/mol. The molecular formula is C24H25ClN6OS. The number of piperidine rings is 1. The van der Waals surface area contributed by atoms with E-state index in [0.717, 1.165) is 59.4 Å². The molecular weight excluding hydrogens is 456 g/mol. The molecule has 0 atom stereocenters. The summed E-state index contributed by atoms with van der Waals surface area (Å²) in [5, 5.41) is 6.40. The molecule has 4 heterocycles. The molecule has 0 aliphatic carbocycles. The van der Waals surface area contributed by atoms with Crippen molar-refractivity contribution in [3.8, 4) is 11.3 Å². The number of imidazole rings is 1. The molecule has 1 aromatic carbocycles. The molecule has 1 saturated heterocycles. The molecule has 9 heteroatoms. The first-order valence-electron chi connectivity index (χ1n) is 11.1. The minimum absolute atomic E-state index is 0.0653. The van der Waals surface area contributed by atoms with Gasteiger partial charge in [0.25, 0.3) is 0 Å². The van der Waals surface area contributed by atoms with Crippen molar-refractivity contribution in [1.82, 2.24) is 24.5 Å². The van der Waals surface area contributed by atoms with Gasteiger partial charge in [-0.1, -0.05) is 41.1 Å². The number of aromatic nitrogens is 4. The number of hydrogen-bond donors (Lipinski definition) is 0. The van der Waals surface area contributed by atoms with Crippen LogP contribution in [0.15, 0.2) is 54.9 Å². The van der Waals surface area contributed by atoms with Crippen LogP contribution in [0.25, 0.3) is 16.2 Å². The molecule has 1 aliphatic heterocycles. The molecule has 33 heavy (non-hydrogen) atoms. The maximum atomic E-state index is 12.9. The highest BCUT2D eigenvalue weighted by molar-refractivity contribution is 7.20. The summed E-state index contributed by atoms with van der Waals surface area (Å²) in [7, 11) is 1.89. The van der Waals surface area contributed by atoms with Crippen LogP contribution in [0.5, 0.6) is 0 Å². The zero-order chi connectivity index (χ0) is 22.8. The number of likely N-dealkylation sites (N-methyl/N-ethyl adjacent to an activating group) is 1. The first kappa shape index (κ1) is 21.9. The Labute approximate surface area is 201 Å². The van der Waals surface area contributed by atoms with E-state index in [1.54, 1.807) is 17.5 Å². The van der Waals surface area contributed by atoms with Crippen LogP contribution in [0.2, 0.25) is 5.02 Å². The summed E-state index contributed by atoms with van der Waals surface area (Å²) in [6, 6.07) is 13.5. The van der Waals surface area contributed by atoms with Gasteiger partial charge in [-0.25, -0.2) is 9.50 Å². The largest absolute Gasteiger partial charge is 0.347 e. The topological polar surface area (TPSA) is 66.6 Å². The molecule has 0 N–H and O–H groups in total. The fraction of sp³-hybridized carbons (Fsp3) is 0.333. The fourth-order valence-electron chi connectivity index (χ4n) is 4.15. The number of amides is 1. The lowest BCUT2D eigenvalue weighted by Gasteiger charge is -2.32. The van der Waals surface area contributed by atoms with E-state index in [0.29, 0.717) is 11.6 Å². The van der Waals surface area contributed by atoms with Crippen molar-refractivity contribution in [2.75, 3.05) is 31.6 Å². The molecule has 0 spiro atoms. The minimum atomic E-state index is 0.0653. The van der Waals surface area contributed by atoms with Gasteiger partial charge in [-0.3, -0.25) is 9.78 Å². The van der Waals surface area contributed by atoms with Crippen LogP contribution < -0.4 is 4.90 Å². The standard InChI is InChI=1S/C24H25ClN6OS/c1-29(13-11-20-4-2-3-12-26-20)22(32)18-9-14-30(15-10-18)24-28-31-16-21(27-23(31)33-24)17-5-7-19(25)8-6-17/h2-8,12,16,18H,9-11,13-15H2,1H3. The van der Waals surface area contributed by atoms with Crippen molar-refractivity contribution in [1.29, 1.82) is 0 Å². The monoisotopic (exact) mass is 480 g/mol. The number of hydrogen-bond acceptors (Lipinski definition) is 6. The van der Waals surface area contributed by atoms with Gasteiger partial charge in [-0.05, 0) is 37.1 Å². The van der Waals surface area contributed by atoms with Gasteiger partial charge in [0.1, 0.15) is 0 Å². The number of fused-ring (bicyclic) bond motifs is 1. The Balaban J connectivity index is 1.17. The van der Waals surface area contributed by atoms with Gasteiger partial charge in [-0.15, -0.1) is 5.10 Å². The number of carbonyl (C=O) groups is 1. The minimum Gasteiger partial charge on any atom is -0.347 e. The lowest BCUT2D eigenvalue weighted by atomic mass is 9.95. The Morgan fingerprint density at radius 1 is 1.18 bits per heavy atom. The summed E-state index contributed by atoms with van der Waals surface area (Å²) in [4.78, 5) is 27.0. The Morgan fingerprint density at radius 2 is 1.97 bits per heavy atom. The zero-order valence-electron chi connectivity index (χ0n) is 18.4. The smallest absolute Gasteiger partial charge is 0.225 e. The molecule has 0 bridgehead atoms. The van der Waals surface area contributed by atoms with Crippen LogP contribution >= 0.6 is 22.9 Å². The summed E-state index contributed by atoms with van der Waals surface area (Å²) in [6.07, 6.45) is 6.20. The fourth-order valence-corrected chi connectivity index (χ4v) is 5.21. The highest BCUT2D eigenvalue weighted by Crippen LogP contribution is 2.30. The van der Waals surface area contributed by atoms with E-state index >= 15 is 0 Å². The third-order valence-corrected chi connectivity index (χ3v) is 7.33. The van der Waals surface area contributed by atoms with Gasteiger partial charge in [-0.2, -0.15) is 0 Å². The molecule has 1 amide bonds. The molecule has 0 unspecified atom stereocenters. The second-order valence-corrected chi connectivity index (χ2v) is 9.71. The molecule has 1 fully saturated rings. The number of pyridine rings is 1. The van der Waals surface area contributed by atoms with Crippen molar-refractivity contribution >= 4 is 38.9 Å². The van der Waals surface area contributed by atoms with E-state index in [-0.39, 0.29) is 11.8 Å². The molecule has 0 radical (unpaired) electrons. The second kappa shape index (κ2) is 9.49. The van der Waals surface area contributed by atoms with Gasteiger partial charge < -0.3 is 9.80 Å². The quantitative estimate of drug-likeness (QED) is 0.408. The molecule has 4 aromatic rings. The van der Waals surface area contributed by atoms with E-state index in [9.17, 15) is 4.79 Å². The summed E-state index contributed by atoms with van der Waals surface area (Å²) < 4.78 is 1.84. The first-order chi connectivity index (χ1) is 16.1. The van der Waals surface area contributed by atoms with Gasteiger partial charge in [0.05, 0.1) is 11.9 Å². The van der Waals surface area contributed by atoms with Crippen LogP contribution in [-0.4, -0.2) is 57.1 Å². The highest BCUT2D eigenvalue weighted by atomic mass is 35.5. The summed E-state index contributed by atoms with van der Waals surface area (Å²) in [5.74, 6) is 0.294. The van der Waals surface area contributed by atoms with E-state index in [2.05, 4.69) is 9.88 Å². The van der Waals surface area contributed by atoms with E-state index < -0.39 is 0 Å². The van der Waals surface area contributed by atoms with Gasteiger partial charge >= 0.3 is 0 Å². The van der Waals surface area contributed by atoms with Crippen LogP contribution in [0, 0.1) is 5.92 Å². The van der Waals surface area contributed by atoms with Crippen molar-refractivity contribution in [3.63, 3.8) is 0 Å². The van der Waals surface area contributed by atoms with Crippen molar-refractivity contribution in [2.24, 2.45) is 5.92 Å². The van der Waals surface area contributed by atoms with Crippen LogP contribution in [0.1, 0.15) is 18.5 Å².